The molecule has 0 aromatic carbocycles. The van der Waals surface area contributed by atoms with Gasteiger partial charge < -0.3 is 15.0 Å². The maximum absolute atomic E-state index is 12.0. The van der Waals surface area contributed by atoms with Gasteiger partial charge in [0, 0.05) is 5.69 Å². The van der Waals surface area contributed by atoms with E-state index in [1.165, 1.54) is 6.33 Å². The molecule has 0 aliphatic carbocycles. The Balaban J connectivity index is 2.41. The number of aromatic nitrogens is 3. The van der Waals surface area contributed by atoms with Crippen LogP contribution in [0.2, 0.25) is 0 Å². The van der Waals surface area contributed by atoms with Crippen molar-refractivity contribution in [3.05, 3.63) is 23.8 Å². The van der Waals surface area contributed by atoms with Gasteiger partial charge >= 0.3 is 5.97 Å². The van der Waals surface area contributed by atoms with Crippen molar-refractivity contribution in [2.45, 2.75) is 39.8 Å². The first-order valence-corrected chi connectivity index (χ1v) is 6.51. The van der Waals surface area contributed by atoms with Crippen LogP contribution in [0.15, 0.2) is 12.4 Å². The number of primary amides is 1. The van der Waals surface area contributed by atoms with Gasteiger partial charge in [-0.15, -0.1) is 0 Å². The van der Waals surface area contributed by atoms with E-state index in [9.17, 15) is 9.59 Å². The zero-order valence-electron chi connectivity index (χ0n) is 12.5. The average molecular weight is 290 g/mol. The molecule has 0 fully saturated rings. The first-order valence-electron chi connectivity index (χ1n) is 6.51. The summed E-state index contributed by atoms with van der Waals surface area (Å²) in [4.78, 5) is 31.4. The van der Waals surface area contributed by atoms with Crippen LogP contribution in [-0.4, -0.2) is 32.0 Å². The number of hydrogen-bond donors (Lipinski definition) is 1. The lowest BCUT2D eigenvalue weighted by atomic mass is 10.2. The third kappa shape index (κ3) is 3.18. The molecule has 2 heterocycles. The SMILES string of the molecule is Cc1cc2c(C(N)=O)ncnc2n1CC(=O)OC(C)(C)C. The summed E-state index contributed by atoms with van der Waals surface area (Å²) in [6.07, 6.45) is 1.26. The van der Waals surface area contributed by atoms with Crippen molar-refractivity contribution < 1.29 is 14.3 Å². The van der Waals surface area contributed by atoms with Gasteiger partial charge in [0.15, 0.2) is 0 Å². The predicted molar refractivity (Wildman–Crippen MR) is 76.6 cm³/mol. The smallest absolute Gasteiger partial charge is 0.326 e. The van der Waals surface area contributed by atoms with Gasteiger partial charge in [-0.25, -0.2) is 9.97 Å². The van der Waals surface area contributed by atoms with E-state index in [-0.39, 0.29) is 18.2 Å². The molecule has 0 unspecified atom stereocenters. The Kier molecular flexibility index (Phi) is 3.67. The second-order valence-corrected chi connectivity index (χ2v) is 5.78. The zero-order chi connectivity index (χ0) is 15.8. The van der Waals surface area contributed by atoms with Gasteiger partial charge in [-0.05, 0) is 33.8 Å². The van der Waals surface area contributed by atoms with Crippen LogP contribution < -0.4 is 5.73 Å². The third-order valence-corrected chi connectivity index (χ3v) is 2.84. The van der Waals surface area contributed by atoms with Crippen molar-refractivity contribution in [3.63, 3.8) is 0 Å². The van der Waals surface area contributed by atoms with Gasteiger partial charge in [-0.1, -0.05) is 0 Å². The number of ether oxygens (including phenoxy) is 1. The number of carbonyl (C=O) groups excluding carboxylic acids is 2. The van der Waals surface area contributed by atoms with Gasteiger partial charge in [0.25, 0.3) is 5.91 Å². The van der Waals surface area contributed by atoms with Crippen LogP contribution in [0.25, 0.3) is 11.0 Å². The van der Waals surface area contributed by atoms with Crippen LogP contribution in [-0.2, 0) is 16.1 Å². The molecule has 2 rings (SSSR count). The van der Waals surface area contributed by atoms with Gasteiger partial charge in [-0.3, -0.25) is 9.59 Å². The number of hydrogen-bond acceptors (Lipinski definition) is 5. The number of nitrogens with zero attached hydrogens (tertiary/aromatic N) is 3. The van der Waals surface area contributed by atoms with E-state index in [0.717, 1.165) is 5.69 Å². The minimum absolute atomic E-state index is 0.0157. The number of amides is 1. The Morgan fingerprint density at radius 3 is 2.57 bits per heavy atom. The molecule has 7 nitrogen and oxygen atoms in total. The molecule has 112 valence electrons. The largest absolute Gasteiger partial charge is 0.459 e. The lowest BCUT2D eigenvalue weighted by Gasteiger charge is -2.20. The van der Waals surface area contributed by atoms with Gasteiger partial charge in [0.1, 0.15) is 29.8 Å². The Labute approximate surface area is 122 Å². The molecule has 0 aliphatic heterocycles. The summed E-state index contributed by atoms with van der Waals surface area (Å²) in [6.45, 7) is 7.25. The highest BCUT2D eigenvalue weighted by Crippen LogP contribution is 2.20. The molecule has 0 atom stereocenters. The fourth-order valence-electron chi connectivity index (χ4n) is 2.09. The van der Waals surface area contributed by atoms with Gasteiger partial charge in [-0.2, -0.15) is 0 Å². The fourth-order valence-corrected chi connectivity index (χ4v) is 2.09. The lowest BCUT2D eigenvalue weighted by molar-refractivity contribution is -0.155. The Morgan fingerprint density at radius 1 is 1.33 bits per heavy atom. The molecule has 2 aromatic heterocycles. The van der Waals surface area contributed by atoms with E-state index >= 15 is 0 Å². The minimum atomic E-state index is -0.628. The Bertz CT molecular complexity index is 713. The van der Waals surface area contributed by atoms with Crippen molar-refractivity contribution in [2.24, 2.45) is 5.73 Å². The summed E-state index contributed by atoms with van der Waals surface area (Å²) >= 11 is 0. The van der Waals surface area contributed by atoms with Crippen LogP contribution >= 0.6 is 0 Å². The third-order valence-electron chi connectivity index (χ3n) is 2.84. The maximum atomic E-state index is 12.0. The van der Waals surface area contributed by atoms with Crippen molar-refractivity contribution >= 4 is 22.9 Å². The topological polar surface area (TPSA) is 100 Å². The number of nitrogens with two attached hydrogens (primary N) is 1. The van der Waals surface area contributed by atoms with Crippen molar-refractivity contribution in [1.82, 2.24) is 14.5 Å². The van der Waals surface area contributed by atoms with Gasteiger partial charge in [0.2, 0.25) is 0 Å². The molecular formula is C14H18N4O3. The highest BCUT2D eigenvalue weighted by molar-refractivity contribution is 6.03. The quantitative estimate of drug-likeness (QED) is 0.855. The number of aryl methyl sites for hydroxylation is 1. The second kappa shape index (κ2) is 5.16. The van der Waals surface area contributed by atoms with Crippen molar-refractivity contribution in [2.75, 3.05) is 0 Å². The molecule has 0 bridgehead atoms. The molecule has 0 radical (unpaired) electrons. The number of fused-ring (bicyclic) bond motifs is 1. The molecule has 2 aromatic rings. The Hall–Kier alpha value is -2.44. The van der Waals surface area contributed by atoms with Crippen LogP contribution in [0.5, 0.6) is 0 Å². The summed E-state index contributed by atoms with van der Waals surface area (Å²) < 4.78 is 6.98. The first kappa shape index (κ1) is 15.0. The van der Waals surface area contributed by atoms with E-state index in [4.69, 9.17) is 10.5 Å². The zero-order valence-corrected chi connectivity index (χ0v) is 12.5. The summed E-state index contributed by atoms with van der Waals surface area (Å²) in [5.74, 6) is -1.00. The highest BCUT2D eigenvalue weighted by Gasteiger charge is 2.20. The molecule has 0 spiro atoms. The predicted octanol–water partition coefficient (Wildman–Crippen LogP) is 1.18. The summed E-state index contributed by atoms with van der Waals surface area (Å²) in [5.41, 5.74) is 6.15. The summed E-state index contributed by atoms with van der Waals surface area (Å²) in [5, 5.41) is 0.533. The molecule has 1 amide bonds. The monoisotopic (exact) mass is 290 g/mol. The molecule has 0 saturated heterocycles. The lowest BCUT2D eigenvalue weighted by Crippen LogP contribution is -2.26. The van der Waals surface area contributed by atoms with Gasteiger partial charge in [0.05, 0.1) is 5.39 Å². The molecule has 0 aliphatic rings. The van der Waals surface area contributed by atoms with E-state index in [1.54, 1.807) is 31.4 Å². The Morgan fingerprint density at radius 2 is 2.00 bits per heavy atom. The number of esters is 1. The van der Waals surface area contributed by atoms with Crippen LogP contribution in [0.3, 0.4) is 0 Å². The number of rotatable bonds is 3. The van der Waals surface area contributed by atoms with Crippen LogP contribution in [0, 0.1) is 6.92 Å². The minimum Gasteiger partial charge on any atom is -0.459 e. The first-order chi connectivity index (χ1) is 9.69. The van der Waals surface area contributed by atoms with E-state index in [2.05, 4.69) is 9.97 Å². The van der Waals surface area contributed by atoms with E-state index in [0.29, 0.717) is 11.0 Å². The van der Waals surface area contributed by atoms with Crippen molar-refractivity contribution in [1.29, 1.82) is 0 Å². The van der Waals surface area contributed by atoms with Crippen LogP contribution in [0.4, 0.5) is 0 Å². The maximum Gasteiger partial charge on any atom is 0.326 e. The average Bonchev–Trinajstić information content (AvgIpc) is 2.63. The fraction of sp³-hybridized carbons (Fsp3) is 0.429. The van der Waals surface area contributed by atoms with E-state index < -0.39 is 11.5 Å². The molecular weight excluding hydrogens is 272 g/mol. The molecule has 2 N–H and O–H groups in total. The molecule has 7 heteroatoms. The van der Waals surface area contributed by atoms with E-state index in [1.807, 2.05) is 6.92 Å². The summed E-state index contributed by atoms with van der Waals surface area (Å²) in [6, 6.07) is 1.74. The number of carbonyl (C=O) groups is 2. The standard InChI is InChI=1S/C14H18N4O3/c1-8-5-9-11(12(15)20)16-7-17-13(9)18(8)6-10(19)21-14(2,3)4/h5,7H,6H2,1-4H3,(H2,15,20). The van der Waals surface area contributed by atoms with Crippen molar-refractivity contribution in [3.8, 4) is 0 Å². The normalized spacial score (nSPS) is 11.6. The summed E-state index contributed by atoms with van der Waals surface area (Å²) in [7, 11) is 0. The molecule has 21 heavy (non-hydrogen) atoms. The molecule has 0 saturated carbocycles. The highest BCUT2D eigenvalue weighted by atomic mass is 16.6. The second-order valence-electron chi connectivity index (χ2n) is 5.78. The van der Waals surface area contributed by atoms with Crippen LogP contribution in [0.1, 0.15) is 37.0 Å².